The fraction of sp³-hybridized carbons (Fsp3) is 0.333. The molecule has 2 amide bonds. The molecule has 0 spiro atoms. The molecule has 0 aliphatic carbocycles. The van der Waals surface area contributed by atoms with Gasteiger partial charge in [-0.15, -0.1) is 0 Å². The first-order valence-electron chi connectivity index (χ1n) is 9.23. The normalized spacial score (nSPS) is 11.5. The number of carbonyl (C=O) groups excluding carboxylic acids is 2. The largest absolute Gasteiger partial charge is 0.457 e. The van der Waals surface area contributed by atoms with Gasteiger partial charge in [0.1, 0.15) is 11.5 Å². The first kappa shape index (κ1) is 20.5. The van der Waals surface area contributed by atoms with E-state index in [0.717, 1.165) is 10.6 Å². The number of likely N-dealkylation sites (N-methyl/N-ethyl adjacent to an activating group) is 2. The monoisotopic (exact) mass is 370 g/mol. The molecule has 1 unspecified atom stereocenters. The molecule has 0 aliphatic rings. The highest BCUT2D eigenvalue weighted by Gasteiger charge is 2.17. The summed E-state index contributed by atoms with van der Waals surface area (Å²) in [5.41, 5.74) is 0.697. The quantitative estimate of drug-likeness (QED) is 0.708. The molecule has 0 aromatic heterocycles. The predicted molar refractivity (Wildman–Crippen MR) is 106 cm³/mol. The van der Waals surface area contributed by atoms with E-state index < -0.39 is 0 Å². The third kappa shape index (κ3) is 6.75. The fourth-order valence-electron chi connectivity index (χ4n) is 2.72. The number of ether oxygens (including phenoxy) is 1. The van der Waals surface area contributed by atoms with Gasteiger partial charge in [-0.3, -0.25) is 9.59 Å². The average molecular weight is 370 g/mol. The Morgan fingerprint density at radius 1 is 0.926 bits per heavy atom. The van der Waals surface area contributed by atoms with Gasteiger partial charge in [-0.05, 0) is 50.2 Å². The van der Waals surface area contributed by atoms with E-state index in [2.05, 4.69) is 5.32 Å². The molecule has 2 N–H and O–H groups in total. The molecule has 0 aliphatic heterocycles. The minimum absolute atomic E-state index is 0.0627. The van der Waals surface area contributed by atoms with Crippen LogP contribution in [0.25, 0.3) is 0 Å². The SMILES string of the molecule is CCN(CC)C(=O)C[NH+](C)CC(=O)Nc1ccc(Oc2ccccc2)cc1. The molecule has 0 saturated carbocycles. The van der Waals surface area contributed by atoms with Gasteiger partial charge in [-0.1, -0.05) is 18.2 Å². The zero-order chi connectivity index (χ0) is 19.6. The van der Waals surface area contributed by atoms with Crippen molar-refractivity contribution < 1.29 is 19.2 Å². The second kappa shape index (κ2) is 10.3. The zero-order valence-electron chi connectivity index (χ0n) is 16.2. The minimum atomic E-state index is -0.128. The second-order valence-electron chi connectivity index (χ2n) is 6.36. The number of nitrogens with one attached hydrogen (secondary N) is 2. The van der Waals surface area contributed by atoms with Crippen LogP contribution in [0.3, 0.4) is 0 Å². The number of nitrogens with zero attached hydrogens (tertiary/aromatic N) is 1. The van der Waals surface area contributed by atoms with Crippen LogP contribution in [0, 0.1) is 0 Å². The van der Waals surface area contributed by atoms with Crippen molar-refractivity contribution in [1.29, 1.82) is 0 Å². The van der Waals surface area contributed by atoms with E-state index in [4.69, 9.17) is 4.74 Å². The summed E-state index contributed by atoms with van der Waals surface area (Å²) in [4.78, 5) is 26.9. The van der Waals surface area contributed by atoms with Crippen LogP contribution in [0.2, 0.25) is 0 Å². The lowest BCUT2D eigenvalue weighted by atomic mass is 10.3. The zero-order valence-corrected chi connectivity index (χ0v) is 16.2. The summed E-state index contributed by atoms with van der Waals surface area (Å²) >= 11 is 0. The van der Waals surface area contributed by atoms with Crippen LogP contribution in [0.15, 0.2) is 54.6 Å². The Kier molecular flexibility index (Phi) is 7.82. The number of hydrogen-bond acceptors (Lipinski definition) is 3. The molecule has 27 heavy (non-hydrogen) atoms. The van der Waals surface area contributed by atoms with E-state index in [1.165, 1.54) is 0 Å². The topological polar surface area (TPSA) is 63.1 Å². The van der Waals surface area contributed by atoms with Crippen LogP contribution in [-0.4, -0.2) is 49.9 Å². The number of hydrogen-bond donors (Lipinski definition) is 2. The smallest absolute Gasteiger partial charge is 0.279 e. The summed E-state index contributed by atoms with van der Waals surface area (Å²) in [6.07, 6.45) is 0. The Morgan fingerprint density at radius 2 is 1.52 bits per heavy atom. The Hall–Kier alpha value is -2.86. The van der Waals surface area contributed by atoms with Crippen molar-refractivity contribution in [2.45, 2.75) is 13.8 Å². The van der Waals surface area contributed by atoms with Crippen molar-refractivity contribution in [2.75, 3.05) is 38.5 Å². The molecule has 2 rings (SSSR count). The molecule has 0 radical (unpaired) electrons. The van der Waals surface area contributed by atoms with E-state index in [-0.39, 0.29) is 18.4 Å². The van der Waals surface area contributed by atoms with Crippen molar-refractivity contribution >= 4 is 17.5 Å². The maximum Gasteiger partial charge on any atom is 0.279 e. The Morgan fingerprint density at radius 3 is 2.11 bits per heavy atom. The standard InChI is InChI=1S/C21H27N3O3/c1-4-24(5-2)21(26)16-23(3)15-20(25)22-17-11-13-19(14-12-17)27-18-9-7-6-8-10-18/h6-14H,4-5,15-16H2,1-3H3,(H,22,25)/p+1. The molecule has 6 heteroatoms. The van der Waals surface area contributed by atoms with Gasteiger partial charge in [0.2, 0.25) is 0 Å². The van der Waals surface area contributed by atoms with Crippen LogP contribution in [0.5, 0.6) is 11.5 Å². The predicted octanol–water partition coefficient (Wildman–Crippen LogP) is 1.80. The van der Waals surface area contributed by atoms with Crippen LogP contribution in [0.4, 0.5) is 5.69 Å². The van der Waals surface area contributed by atoms with Gasteiger partial charge in [0, 0.05) is 18.8 Å². The molecular weight excluding hydrogens is 342 g/mol. The minimum Gasteiger partial charge on any atom is -0.457 e. The molecular formula is C21H28N3O3+. The lowest BCUT2D eigenvalue weighted by Gasteiger charge is -2.20. The van der Waals surface area contributed by atoms with Crippen molar-refractivity contribution in [1.82, 2.24) is 4.90 Å². The van der Waals surface area contributed by atoms with E-state index in [0.29, 0.717) is 31.1 Å². The highest BCUT2D eigenvalue weighted by atomic mass is 16.5. The molecule has 1 atom stereocenters. The molecule has 0 saturated heterocycles. The maximum absolute atomic E-state index is 12.2. The number of carbonyl (C=O) groups is 2. The highest BCUT2D eigenvalue weighted by Crippen LogP contribution is 2.22. The highest BCUT2D eigenvalue weighted by molar-refractivity contribution is 5.91. The number of para-hydroxylation sites is 1. The van der Waals surface area contributed by atoms with Gasteiger partial charge in [-0.2, -0.15) is 0 Å². The average Bonchev–Trinajstić information content (AvgIpc) is 2.65. The van der Waals surface area contributed by atoms with E-state index in [1.807, 2.05) is 63.4 Å². The summed E-state index contributed by atoms with van der Waals surface area (Å²) in [6.45, 7) is 5.82. The summed E-state index contributed by atoms with van der Waals surface area (Å²) < 4.78 is 5.73. The van der Waals surface area contributed by atoms with Crippen LogP contribution in [0.1, 0.15) is 13.8 Å². The number of amides is 2. The number of anilines is 1. The fourth-order valence-corrected chi connectivity index (χ4v) is 2.72. The van der Waals surface area contributed by atoms with Crippen molar-refractivity contribution in [3.05, 3.63) is 54.6 Å². The van der Waals surface area contributed by atoms with Crippen LogP contribution in [-0.2, 0) is 9.59 Å². The van der Waals surface area contributed by atoms with Crippen LogP contribution >= 0.6 is 0 Å². The van der Waals surface area contributed by atoms with Crippen molar-refractivity contribution in [3.8, 4) is 11.5 Å². The summed E-state index contributed by atoms with van der Waals surface area (Å²) in [6, 6.07) is 16.7. The first-order chi connectivity index (χ1) is 13.0. The molecule has 2 aromatic carbocycles. The molecule has 0 bridgehead atoms. The van der Waals surface area contributed by atoms with E-state index in [1.54, 1.807) is 17.0 Å². The summed E-state index contributed by atoms with van der Waals surface area (Å²) in [5, 5.41) is 2.85. The van der Waals surface area contributed by atoms with Crippen molar-refractivity contribution in [2.24, 2.45) is 0 Å². The molecule has 0 heterocycles. The molecule has 144 valence electrons. The third-order valence-electron chi connectivity index (χ3n) is 4.15. The first-order valence-corrected chi connectivity index (χ1v) is 9.23. The molecule has 2 aromatic rings. The third-order valence-corrected chi connectivity index (χ3v) is 4.15. The van der Waals surface area contributed by atoms with Crippen LogP contribution < -0.4 is 15.0 Å². The number of quaternary nitrogens is 1. The Bertz CT molecular complexity index is 728. The summed E-state index contributed by atoms with van der Waals surface area (Å²) in [5.74, 6) is 1.40. The molecule has 6 nitrogen and oxygen atoms in total. The van der Waals surface area contributed by atoms with Gasteiger partial charge in [-0.25, -0.2) is 0 Å². The van der Waals surface area contributed by atoms with Crippen molar-refractivity contribution in [3.63, 3.8) is 0 Å². The number of rotatable bonds is 9. The summed E-state index contributed by atoms with van der Waals surface area (Å²) in [7, 11) is 1.85. The lowest BCUT2D eigenvalue weighted by Crippen LogP contribution is -3.11. The van der Waals surface area contributed by atoms with Gasteiger partial charge in [0.05, 0.1) is 7.05 Å². The Balaban J connectivity index is 1.82. The second-order valence-corrected chi connectivity index (χ2v) is 6.36. The lowest BCUT2D eigenvalue weighted by molar-refractivity contribution is -0.862. The van der Waals surface area contributed by atoms with E-state index >= 15 is 0 Å². The van der Waals surface area contributed by atoms with Gasteiger partial charge >= 0.3 is 0 Å². The van der Waals surface area contributed by atoms with Gasteiger partial charge in [0.25, 0.3) is 11.8 Å². The number of benzene rings is 2. The Labute approximate surface area is 160 Å². The van der Waals surface area contributed by atoms with Gasteiger partial charge in [0.15, 0.2) is 13.1 Å². The van der Waals surface area contributed by atoms with E-state index in [9.17, 15) is 9.59 Å². The van der Waals surface area contributed by atoms with Gasteiger partial charge < -0.3 is 19.9 Å². The molecule has 0 fully saturated rings. The maximum atomic E-state index is 12.2.